The highest BCUT2D eigenvalue weighted by molar-refractivity contribution is 7.91. The fourth-order valence-electron chi connectivity index (χ4n) is 1.57. The van der Waals surface area contributed by atoms with E-state index in [1.807, 2.05) is 6.07 Å². The van der Waals surface area contributed by atoms with Crippen LogP contribution in [0.1, 0.15) is 5.56 Å². The fraction of sp³-hybridized carbons (Fsp3) is 0.167. The van der Waals surface area contributed by atoms with E-state index in [4.69, 9.17) is 17.3 Å². The van der Waals surface area contributed by atoms with Crippen molar-refractivity contribution in [1.82, 2.24) is 4.31 Å². The lowest BCUT2D eigenvalue weighted by molar-refractivity contribution is 0.468. The Morgan fingerprint density at radius 2 is 2.05 bits per heavy atom. The van der Waals surface area contributed by atoms with Gasteiger partial charge < -0.3 is 5.73 Å². The zero-order valence-corrected chi connectivity index (χ0v) is 12.6. The summed E-state index contributed by atoms with van der Waals surface area (Å²) in [7, 11) is -2.00. The molecule has 0 atom stereocenters. The van der Waals surface area contributed by atoms with Crippen molar-refractivity contribution < 1.29 is 8.42 Å². The quantitative estimate of drug-likeness (QED) is 0.943. The summed E-state index contributed by atoms with van der Waals surface area (Å²) in [5.74, 6) is 0. The van der Waals surface area contributed by atoms with Gasteiger partial charge in [-0.2, -0.15) is 4.31 Å². The van der Waals surface area contributed by atoms with Crippen molar-refractivity contribution in [2.45, 2.75) is 10.8 Å². The summed E-state index contributed by atoms with van der Waals surface area (Å²) in [6, 6.07) is 8.63. The number of halogens is 1. The molecule has 0 bridgehead atoms. The van der Waals surface area contributed by atoms with Gasteiger partial charge in [0, 0.05) is 29.7 Å². The van der Waals surface area contributed by atoms with Crippen molar-refractivity contribution in [3.63, 3.8) is 0 Å². The Morgan fingerprint density at radius 3 is 2.63 bits per heavy atom. The minimum absolute atomic E-state index is 0.222. The molecular formula is C12H13ClN2O2S2. The summed E-state index contributed by atoms with van der Waals surface area (Å²) >= 11 is 7.14. The van der Waals surface area contributed by atoms with Crippen LogP contribution >= 0.6 is 22.9 Å². The van der Waals surface area contributed by atoms with Gasteiger partial charge in [0.1, 0.15) is 4.21 Å². The van der Waals surface area contributed by atoms with Crippen molar-refractivity contribution in [1.29, 1.82) is 0 Å². The first-order valence-corrected chi connectivity index (χ1v) is 8.15. The van der Waals surface area contributed by atoms with Gasteiger partial charge in [-0.05, 0) is 17.7 Å². The molecule has 0 unspecified atom stereocenters. The van der Waals surface area contributed by atoms with E-state index in [-0.39, 0.29) is 10.8 Å². The number of anilines is 1. The SMILES string of the molecule is CN(Cc1ccccc1Cl)S(=O)(=O)c1cc(N)cs1. The predicted octanol–water partition coefficient (Wildman–Crippen LogP) is 2.80. The number of nitrogens with two attached hydrogens (primary N) is 1. The number of hydrogen-bond acceptors (Lipinski definition) is 4. The van der Waals surface area contributed by atoms with Crippen LogP contribution < -0.4 is 5.73 Å². The molecule has 0 saturated carbocycles. The molecule has 19 heavy (non-hydrogen) atoms. The summed E-state index contributed by atoms with van der Waals surface area (Å²) in [4.78, 5) is 0. The van der Waals surface area contributed by atoms with E-state index in [0.29, 0.717) is 10.7 Å². The van der Waals surface area contributed by atoms with Crippen molar-refractivity contribution in [2.75, 3.05) is 12.8 Å². The molecule has 1 aromatic carbocycles. The Kier molecular flexibility index (Phi) is 4.15. The van der Waals surface area contributed by atoms with Crippen LogP contribution in [0.3, 0.4) is 0 Å². The van der Waals surface area contributed by atoms with E-state index in [0.717, 1.165) is 16.9 Å². The van der Waals surface area contributed by atoms with Gasteiger partial charge in [-0.3, -0.25) is 0 Å². The van der Waals surface area contributed by atoms with Gasteiger partial charge in [-0.15, -0.1) is 11.3 Å². The van der Waals surface area contributed by atoms with Crippen LogP contribution in [0.2, 0.25) is 5.02 Å². The molecule has 2 N–H and O–H groups in total. The summed E-state index contributed by atoms with van der Waals surface area (Å²) in [5.41, 5.74) is 6.78. The van der Waals surface area contributed by atoms with Crippen molar-refractivity contribution >= 4 is 38.6 Å². The van der Waals surface area contributed by atoms with Crippen LogP contribution in [0, 0.1) is 0 Å². The van der Waals surface area contributed by atoms with Crippen LogP contribution in [0.15, 0.2) is 39.9 Å². The highest BCUT2D eigenvalue weighted by atomic mass is 35.5. The average Bonchev–Trinajstić information content (AvgIpc) is 2.79. The number of hydrogen-bond donors (Lipinski definition) is 1. The predicted molar refractivity (Wildman–Crippen MR) is 78.8 cm³/mol. The van der Waals surface area contributed by atoms with E-state index in [1.165, 1.54) is 17.4 Å². The van der Waals surface area contributed by atoms with Crippen LogP contribution in [-0.2, 0) is 16.6 Å². The van der Waals surface area contributed by atoms with Crippen LogP contribution in [-0.4, -0.2) is 19.8 Å². The van der Waals surface area contributed by atoms with Crippen LogP contribution in [0.5, 0.6) is 0 Å². The Balaban J connectivity index is 2.25. The zero-order valence-electron chi connectivity index (χ0n) is 10.2. The zero-order chi connectivity index (χ0) is 14.0. The molecule has 0 radical (unpaired) electrons. The molecule has 0 spiro atoms. The van der Waals surface area contributed by atoms with E-state index in [9.17, 15) is 8.42 Å². The summed E-state index contributed by atoms with van der Waals surface area (Å²) in [5, 5.41) is 2.16. The molecule has 0 amide bonds. The maximum absolute atomic E-state index is 12.3. The second-order valence-corrected chi connectivity index (χ2v) is 7.64. The van der Waals surface area contributed by atoms with Gasteiger partial charge in [0.2, 0.25) is 0 Å². The molecule has 1 aromatic heterocycles. The Morgan fingerprint density at radius 1 is 1.37 bits per heavy atom. The third kappa shape index (κ3) is 3.09. The highest BCUT2D eigenvalue weighted by Crippen LogP contribution is 2.26. The first-order chi connectivity index (χ1) is 8.91. The molecule has 2 aromatic rings. The molecule has 0 aliphatic carbocycles. The lowest BCUT2D eigenvalue weighted by Gasteiger charge is -2.16. The normalized spacial score (nSPS) is 11.9. The standard InChI is InChI=1S/C12H13ClN2O2S2/c1-15(7-9-4-2-3-5-11(9)13)19(16,17)12-6-10(14)8-18-12/h2-6,8H,7,14H2,1H3. The van der Waals surface area contributed by atoms with Gasteiger partial charge >= 0.3 is 0 Å². The molecular weight excluding hydrogens is 304 g/mol. The lowest BCUT2D eigenvalue weighted by atomic mass is 10.2. The van der Waals surface area contributed by atoms with Crippen molar-refractivity contribution in [2.24, 2.45) is 0 Å². The first-order valence-electron chi connectivity index (χ1n) is 5.45. The second kappa shape index (κ2) is 5.50. The third-order valence-electron chi connectivity index (χ3n) is 2.61. The molecule has 0 aliphatic rings. The number of nitrogen functional groups attached to an aromatic ring is 1. The van der Waals surface area contributed by atoms with E-state index >= 15 is 0 Å². The van der Waals surface area contributed by atoms with Gasteiger partial charge in [-0.25, -0.2) is 8.42 Å². The largest absolute Gasteiger partial charge is 0.398 e. The number of nitrogens with zero attached hydrogens (tertiary/aromatic N) is 1. The molecule has 7 heteroatoms. The van der Waals surface area contributed by atoms with Crippen molar-refractivity contribution in [3.05, 3.63) is 46.3 Å². The Bertz CT molecular complexity index is 683. The van der Waals surface area contributed by atoms with E-state index in [1.54, 1.807) is 23.6 Å². The highest BCUT2D eigenvalue weighted by Gasteiger charge is 2.23. The maximum atomic E-state index is 12.3. The molecule has 1 heterocycles. The smallest absolute Gasteiger partial charge is 0.252 e. The molecule has 4 nitrogen and oxygen atoms in total. The fourth-order valence-corrected chi connectivity index (χ4v) is 4.20. The van der Waals surface area contributed by atoms with Gasteiger partial charge in [0.15, 0.2) is 0 Å². The topological polar surface area (TPSA) is 63.4 Å². The average molecular weight is 317 g/mol. The summed E-state index contributed by atoms with van der Waals surface area (Å²) < 4.78 is 26.1. The Labute approximate surface area is 121 Å². The van der Waals surface area contributed by atoms with Gasteiger partial charge in [-0.1, -0.05) is 29.8 Å². The number of benzene rings is 1. The monoisotopic (exact) mass is 316 g/mol. The number of thiophene rings is 1. The molecule has 0 aliphatic heterocycles. The van der Waals surface area contributed by atoms with E-state index < -0.39 is 10.0 Å². The molecule has 102 valence electrons. The van der Waals surface area contributed by atoms with Gasteiger partial charge in [0.05, 0.1) is 0 Å². The van der Waals surface area contributed by atoms with Crippen molar-refractivity contribution in [3.8, 4) is 0 Å². The molecule has 0 saturated heterocycles. The summed E-state index contributed by atoms with van der Waals surface area (Å²) in [6.07, 6.45) is 0. The van der Waals surface area contributed by atoms with Gasteiger partial charge in [0.25, 0.3) is 10.0 Å². The van der Waals surface area contributed by atoms with Crippen LogP contribution in [0.4, 0.5) is 5.69 Å². The van der Waals surface area contributed by atoms with E-state index in [2.05, 4.69) is 0 Å². The summed E-state index contributed by atoms with van der Waals surface area (Å²) in [6.45, 7) is 0.222. The maximum Gasteiger partial charge on any atom is 0.252 e. The number of rotatable bonds is 4. The molecule has 0 fully saturated rings. The first kappa shape index (κ1) is 14.3. The minimum Gasteiger partial charge on any atom is -0.398 e. The lowest BCUT2D eigenvalue weighted by Crippen LogP contribution is -2.25. The minimum atomic E-state index is -3.52. The second-order valence-electron chi connectivity index (χ2n) is 4.05. The Hall–Kier alpha value is -1.08. The third-order valence-corrected chi connectivity index (χ3v) is 6.22. The molecule has 2 rings (SSSR count). The van der Waals surface area contributed by atoms with Crippen LogP contribution in [0.25, 0.3) is 0 Å². The number of sulfonamides is 1.